The SMILES string of the molecule is CCn1c2ccc(C(C)(C)C)cc2c2cc3ccc(-c4ccccc4)c(C(=O)c4ccccc4)c3cc21. The minimum atomic E-state index is 0.0542. The Bertz CT molecular complexity index is 1780. The fourth-order valence-corrected chi connectivity index (χ4v) is 5.56. The van der Waals surface area contributed by atoms with Gasteiger partial charge in [0.2, 0.25) is 0 Å². The first-order chi connectivity index (χ1) is 17.9. The van der Waals surface area contributed by atoms with Gasteiger partial charge in [-0.3, -0.25) is 4.79 Å². The maximum atomic E-state index is 14.1. The topological polar surface area (TPSA) is 22.0 Å². The standard InChI is InChI=1S/C35H31NO/c1-5-36-31-19-17-26(35(2,3)4)21-30(31)29-20-25-16-18-27(23-12-8-6-9-13-23)33(28(25)22-32(29)36)34(37)24-14-10-7-11-15-24/h6-22H,5H2,1-4H3. The summed E-state index contributed by atoms with van der Waals surface area (Å²) in [6.07, 6.45) is 0. The zero-order valence-electron chi connectivity index (χ0n) is 21.9. The number of hydrogen-bond donors (Lipinski definition) is 0. The minimum absolute atomic E-state index is 0.0542. The molecule has 0 aliphatic rings. The molecule has 0 aliphatic carbocycles. The van der Waals surface area contributed by atoms with E-state index in [1.54, 1.807) is 0 Å². The Labute approximate surface area is 218 Å². The first-order valence-corrected chi connectivity index (χ1v) is 13.0. The van der Waals surface area contributed by atoms with Gasteiger partial charge in [0.25, 0.3) is 0 Å². The van der Waals surface area contributed by atoms with Crippen LogP contribution in [0.5, 0.6) is 0 Å². The van der Waals surface area contributed by atoms with Gasteiger partial charge in [-0.2, -0.15) is 0 Å². The van der Waals surface area contributed by atoms with Crippen LogP contribution in [0, 0.1) is 0 Å². The summed E-state index contributed by atoms with van der Waals surface area (Å²) in [7, 11) is 0. The first kappa shape index (κ1) is 23.2. The number of nitrogens with zero attached hydrogens (tertiary/aromatic N) is 1. The predicted molar refractivity (Wildman–Crippen MR) is 157 cm³/mol. The number of fused-ring (bicyclic) bond motifs is 4. The van der Waals surface area contributed by atoms with E-state index in [0.717, 1.165) is 34.0 Å². The number of rotatable bonds is 4. The number of hydrogen-bond acceptors (Lipinski definition) is 1. The molecule has 1 aromatic heterocycles. The molecular weight excluding hydrogens is 450 g/mol. The molecule has 5 aromatic carbocycles. The second-order valence-electron chi connectivity index (χ2n) is 10.9. The van der Waals surface area contributed by atoms with Crippen molar-refractivity contribution in [2.45, 2.75) is 39.7 Å². The van der Waals surface area contributed by atoms with Gasteiger partial charge in [-0.1, -0.05) is 99.6 Å². The molecule has 0 saturated carbocycles. The number of aromatic nitrogens is 1. The summed E-state index contributed by atoms with van der Waals surface area (Å²) in [5, 5.41) is 4.59. The van der Waals surface area contributed by atoms with Gasteiger partial charge in [-0.25, -0.2) is 0 Å². The van der Waals surface area contributed by atoms with Gasteiger partial charge in [-0.05, 0) is 64.1 Å². The number of aryl methyl sites for hydroxylation is 1. The van der Waals surface area contributed by atoms with E-state index < -0.39 is 0 Å². The largest absolute Gasteiger partial charge is 0.341 e. The molecule has 2 heteroatoms. The van der Waals surface area contributed by atoms with E-state index in [0.29, 0.717) is 5.56 Å². The lowest BCUT2D eigenvalue weighted by Crippen LogP contribution is -2.10. The molecular formula is C35H31NO. The van der Waals surface area contributed by atoms with Crippen LogP contribution in [-0.4, -0.2) is 10.4 Å². The lowest BCUT2D eigenvalue weighted by atomic mass is 9.86. The van der Waals surface area contributed by atoms with Gasteiger partial charge in [0.15, 0.2) is 5.78 Å². The van der Waals surface area contributed by atoms with Gasteiger partial charge in [-0.15, -0.1) is 0 Å². The van der Waals surface area contributed by atoms with Gasteiger partial charge >= 0.3 is 0 Å². The Hall–Kier alpha value is -4.17. The highest BCUT2D eigenvalue weighted by Crippen LogP contribution is 2.39. The third kappa shape index (κ3) is 3.84. The van der Waals surface area contributed by atoms with Crippen LogP contribution >= 0.6 is 0 Å². The number of carbonyl (C=O) groups is 1. The lowest BCUT2D eigenvalue weighted by Gasteiger charge is -2.19. The van der Waals surface area contributed by atoms with Crippen molar-refractivity contribution in [1.82, 2.24) is 4.57 Å². The number of benzene rings is 5. The molecule has 0 spiro atoms. The van der Waals surface area contributed by atoms with Crippen molar-refractivity contribution in [3.05, 3.63) is 120 Å². The van der Waals surface area contributed by atoms with Crippen molar-refractivity contribution >= 4 is 38.4 Å². The third-order valence-electron chi connectivity index (χ3n) is 7.53. The molecule has 0 bridgehead atoms. The maximum absolute atomic E-state index is 14.1. The summed E-state index contributed by atoms with van der Waals surface area (Å²) >= 11 is 0. The maximum Gasteiger partial charge on any atom is 0.194 e. The van der Waals surface area contributed by atoms with E-state index in [4.69, 9.17) is 0 Å². The average molecular weight is 482 g/mol. The Balaban J connectivity index is 1.71. The molecule has 0 saturated heterocycles. The predicted octanol–water partition coefficient (Wildman–Crippen LogP) is 9.16. The van der Waals surface area contributed by atoms with Gasteiger partial charge in [0.05, 0.1) is 0 Å². The summed E-state index contributed by atoms with van der Waals surface area (Å²) in [5.41, 5.74) is 7.30. The minimum Gasteiger partial charge on any atom is -0.341 e. The fraction of sp³-hybridized carbons (Fsp3) is 0.171. The molecule has 37 heavy (non-hydrogen) atoms. The van der Waals surface area contributed by atoms with E-state index in [-0.39, 0.29) is 11.2 Å². The lowest BCUT2D eigenvalue weighted by molar-refractivity contribution is 0.104. The molecule has 0 N–H and O–H groups in total. The average Bonchev–Trinajstić information content (AvgIpc) is 3.23. The van der Waals surface area contributed by atoms with Crippen LogP contribution in [-0.2, 0) is 12.0 Å². The quantitative estimate of drug-likeness (QED) is 0.230. The zero-order valence-corrected chi connectivity index (χ0v) is 21.9. The van der Waals surface area contributed by atoms with E-state index in [2.05, 4.69) is 86.9 Å². The van der Waals surface area contributed by atoms with Crippen LogP contribution in [0.1, 0.15) is 49.2 Å². The van der Waals surface area contributed by atoms with Gasteiger partial charge < -0.3 is 4.57 Å². The molecule has 6 aromatic rings. The monoisotopic (exact) mass is 481 g/mol. The molecule has 2 nitrogen and oxygen atoms in total. The van der Waals surface area contributed by atoms with Gasteiger partial charge in [0, 0.05) is 39.5 Å². The van der Waals surface area contributed by atoms with Crippen molar-refractivity contribution in [3.63, 3.8) is 0 Å². The molecule has 1 heterocycles. The Morgan fingerprint density at radius 2 is 1.38 bits per heavy atom. The van der Waals surface area contributed by atoms with Crippen molar-refractivity contribution < 1.29 is 4.79 Å². The van der Waals surface area contributed by atoms with E-state index in [9.17, 15) is 4.79 Å². The normalized spacial score (nSPS) is 12.0. The van der Waals surface area contributed by atoms with E-state index >= 15 is 0 Å². The molecule has 0 radical (unpaired) electrons. The molecule has 0 unspecified atom stereocenters. The van der Waals surface area contributed by atoms with Crippen molar-refractivity contribution in [3.8, 4) is 11.1 Å². The summed E-state index contributed by atoms with van der Waals surface area (Å²) in [6.45, 7) is 9.83. The van der Waals surface area contributed by atoms with Crippen LogP contribution in [0.15, 0.2) is 103 Å². The van der Waals surface area contributed by atoms with Gasteiger partial charge in [0.1, 0.15) is 0 Å². The van der Waals surface area contributed by atoms with E-state index in [1.165, 1.54) is 27.4 Å². The smallest absolute Gasteiger partial charge is 0.194 e. The molecule has 0 fully saturated rings. The Morgan fingerprint density at radius 1 is 0.703 bits per heavy atom. The summed E-state index contributed by atoms with van der Waals surface area (Å²) in [4.78, 5) is 14.1. The summed E-state index contributed by atoms with van der Waals surface area (Å²) < 4.78 is 2.38. The second kappa shape index (κ2) is 8.74. The number of carbonyl (C=O) groups excluding carboxylic acids is 1. The highest BCUT2D eigenvalue weighted by atomic mass is 16.1. The molecule has 0 atom stereocenters. The van der Waals surface area contributed by atoms with E-state index in [1.807, 2.05) is 48.5 Å². The third-order valence-corrected chi connectivity index (χ3v) is 7.53. The Kier molecular flexibility index (Phi) is 5.49. The molecule has 0 aliphatic heterocycles. The summed E-state index contributed by atoms with van der Waals surface area (Å²) in [6, 6.07) is 35.5. The highest BCUT2D eigenvalue weighted by molar-refractivity contribution is 6.23. The van der Waals surface area contributed by atoms with Crippen LogP contribution in [0.25, 0.3) is 43.7 Å². The van der Waals surface area contributed by atoms with Crippen molar-refractivity contribution in [1.29, 1.82) is 0 Å². The highest BCUT2D eigenvalue weighted by Gasteiger charge is 2.21. The van der Waals surface area contributed by atoms with Crippen molar-refractivity contribution in [2.24, 2.45) is 0 Å². The van der Waals surface area contributed by atoms with Crippen LogP contribution in [0.4, 0.5) is 0 Å². The van der Waals surface area contributed by atoms with Crippen molar-refractivity contribution in [2.75, 3.05) is 0 Å². The number of ketones is 1. The Morgan fingerprint density at radius 3 is 2.05 bits per heavy atom. The van der Waals surface area contributed by atoms with Crippen LogP contribution in [0.3, 0.4) is 0 Å². The zero-order chi connectivity index (χ0) is 25.7. The summed E-state index contributed by atoms with van der Waals surface area (Å²) in [5.74, 6) is 0.0542. The molecule has 6 rings (SSSR count). The second-order valence-corrected chi connectivity index (χ2v) is 10.9. The van der Waals surface area contributed by atoms with Crippen LogP contribution < -0.4 is 0 Å². The first-order valence-electron chi connectivity index (χ1n) is 13.0. The fourth-order valence-electron chi connectivity index (χ4n) is 5.56. The molecule has 0 amide bonds. The molecule has 182 valence electrons. The van der Waals surface area contributed by atoms with Crippen LogP contribution in [0.2, 0.25) is 0 Å².